The van der Waals surface area contributed by atoms with Crippen molar-refractivity contribution in [2.24, 2.45) is 0 Å². The normalized spacial score (nSPS) is 11.7. The first-order valence-corrected chi connectivity index (χ1v) is 19.5. The summed E-state index contributed by atoms with van der Waals surface area (Å²) in [5.74, 6) is 0. The molecule has 0 aliphatic heterocycles. The van der Waals surface area contributed by atoms with E-state index in [1.54, 1.807) is 0 Å². The highest BCUT2D eigenvalue weighted by molar-refractivity contribution is 6.25. The van der Waals surface area contributed by atoms with Crippen molar-refractivity contribution in [3.63, 3.8) is 0 Å². The number of hydrogen-bond acceptors (Lipinski definition) is 0. The van der Waals surface area contributed by atoms with Gasteiger partial charge in [-0.25, -0.2) is 0 Å². The van der Waals surface area contributed by atoms with Gasteiger partial charge in [0.15, 0.2) is 0 Å². The molecule has 0 heteroatoms. The number of benzene rings is 8. The van der Waals surface area contributed by atoms with Crippen LogP contribution in [0.25, 0.3) is 76.8 Å². The summed E-state index contributed by atoms with van der Waals surface area (Å²) in [6.07, 6.45) is 0. The van der Waals surface area contributed by atoms with Gasteiger partial charge >= 0.3 is 0 Å². The van der Waals surface area contributed by atoms with Crippen molar-refractivity contribution in [2.45, 2.75) is 83.1 Å². The fourth-order valence-corrected chi connectivity index (χ4v) is 10.3. The van der Waals surface area contributed by atoms with Gasteiger partial charge in [0.2, 0.25) is 0 Å². The molecule has 0 saturated heterocycles. The first-order valence-electron chi connectivity index (χ1n) is 19.5. The Balaban J connectivity index is 1.60. The summed E-state index contributed by atoms with van der Waals surface area (Å²) in [6.45, 7) is 27.0. The van der Waals surface area contributed by atoms with Crippen molar-refractivity contribution in [1.29, 1.82) is 0 Å². The van der Waals surface area contributed by atoms with Crippen molar-refractivity contribution in [2.75, 3.05) is 0 Å². The second kappa shape index (κ2) is 13.1. The van der Waals surface area contributed by atoms with E-state index in [-0.39, 0.29) is 0 Å². The van der Waals surface area contributed by atoms with E-state index in [1.807, 2.05) is 0 Å². The van der Waals surface area contributed by atoms with Crippen LogP contribution in [0.15, 0.2) is 97.1 Å². The molecule has 268 valence electrons. The van der Waals surface area contributed by atoms with Gasteiger partial charge in [-0.3, -0.25) is 0 Å². The number of fused-ring (bicyclic) bond motifs is 5. The summed E-state index contributed by atoms with van der Waals surface area (Å²) in [5, 5.41) is 7.81. The maximum absolute atomic E-state index is 2.52. The zero-order valence-corrected chi connectivity index (χ0v) is 34.2. The van der Waals surface area contributed by atoms with Gasteiger partial charge in [-0.15, -0.1) is 0 Å². The number of hydrogen-bond donors (Lipinski definition) is 0. The van der Waals surface area contributed by atoms with E-state index in [2.05, 4.69) is 180 Å². The molecule has 54 heavy (non-hydrogen) atoms. The molecule has 0 heterocycles. The maximum atomic E-state index is 2.52. The smallest absolute Gasteiger partial charge is 0.00921 e. The van der Waals surface area contributed by atoms with Crippen LogP contribution in [0.1, 0.15) is 66.8 Å². The summed E-state index contributed by atoms with van der Waals surface area (Å²) >= 11 is 0. The molecule has 0 spiro atoms. The largest absolute Gasteiger partial charge is 0.0557 e. The lowest BCUT2D eigenvalue weighted by molar-refractivity contribution is 1.32. The average molecular weight is 701 g/mol. The molecule has 0 bridgehead atoms. The van der Waals surface area contributed by atoms with Gasteiger partial charge in [-0.05, 0) is 229 Å². The van der Waals surface area contributed by atoms with Gasteiger partial charge < -0.3 is 0 Å². The molecule has 8 aromatic carbocycles. The van der Waals surface area contributed by atoms with E-state index in [1.165, 1.54) is 144 Å². The standard InChI is InChI=1S/C54H52/c1-29-17-33(5)51(34(6)18-29)41-13-15-43-45(25-41)47-27-50(54-39(11)23-32(4)24-40(54)12)44-16-14-42(52-35(7)19-30(2)20-36(52)8)26-46(44)48(47)28-49(43)53-37(9)21-31(3)22-38(53)10/h13-28H,1-12H3. The molecule has 0 atom stereocenters. The van der Waals surface area contributed by atoms with E-state index in [0.29, 0.717) is 0 Å². The topological polar surface area (TPSA) is 0 Å². The Labute approximate surface area is 322 Å². The predicted octanol–water partition coefficient (Wildman–Crippen LogP) is 15.5. The third-order valence-electron chi connectivity index (χ3n) is 11.9. The van der Waals surface area contributed by atoms with Crippen LogP contribution in [-0.4, -0.2) is 0 Å². The molecule has 0 aromatic heterocycles. The Morgan fingerprint density at radius 1 is 0.222 bits per heavy atom. The zero-order valence-electron chi connectivity index (χ0n) is 34.2. The third-order valence-corrected chi connectivity index (χ3v) is 11.9. The van der Waals surface area contributed by atoms with E-state index in [4.69, 9.17) is 0 Å². The lowest BCUT2D eigenvalue weighted by Gasteiger charge is -2.21. The Kier molecular flexibility index (Phi) is 8.65. The third kappa shape index (κ3) is 5.84. The second-order valence-corrected chi connectivity index (χ2v) is 16.6. The van der Waals surface area contributed by atoms with Gasteiger partial charge in [-0.1, -0.05) is 95.1 Å². The zero-order chi connectivity index (χ0) is 38.3. The minimum absolute atomic E-state index is 1.28. The highest BCUT2D eigenvalue weighted by Crippen LogP contribution is 2.47. The number of rotatable bonds is 4. The molecule has 0 saturated carbocycles. The van der Waals surface area contributed by atoms with Crippen LogP contribution in [-0.2, 0) is 0 Å². The molecule has 0 unspecified atom stereocenters. The highest BCUT2D eigenvalue weighted by Gasteiger charge is 2.21. The van der Waals surface area contributed by atoms with Gasteiger partial charge in [-0.2, -0.15) is 0 Å². The highest BCUT2D eigenvalue weighted by atomic mass is 14.2. The minimum atomic E-state index is 1.28. The van der Waals surface area contributed by atoms with Crippen molar-refractivity contribution in [3.8, 4) is 44.5 Å². The fourth-order valence-electron chi connectivity index (χ4n) is 10.3. The Hall–Kier alpha value is -5.46. The minimum Gasteiger partial charge on any atom is -0.0557 e. The van der Waals surface area contributed by atoms with E-state index >= 15 is 0 Å². The van der Waals surface area contributed by atoms with Crippen LogP contribution < -0.4 is 0 Å². The van der Waals surface area contributed by atoms with Crippen LogP contribution in [0.4, 0.5) is 0 Å². The molecular formula is C54H52. The summed E-state index contributed by atoms with van der Waals surface area (Å²) in [7, 11) is 0. The van der Waals surface area contributed by atoms with Crippen LogP contribution in [0.2, 0.25) is 0 Å². The summed E-state index contributed by atoms with van der Waals surface area (Å²) in [5.41, 5.74) is 26.3. The molecule has 8 aromatic rings. The first-order chi connectivity index (χ1) is 25.7. The SMILES string of the molecule is Cc1cc(C)c(-c2ccc3c(-c4c(C)cc(C)cc4C)cc4c5cc(-c6c(C)cc(C)cc6C)ccc5c(-c5c(C)cc(C)cc5C)cc4c3c2)c(C)c1. The van der Waals surface area contributed by atoms with Crippen LogP contribution >= 0.6 is 0 Å². The Morgan fingerprint density at radius 2 is 0.463 bits per heavy atom. The maximum Gasteiger partial charge on any atom is -0.00921 e. The van der Waals surface area contributed by atoms with Crippen LogP contribution in [0.5, 0.6) is 0 Å². The summed E-state index contributed by atoms with van der Waals surface area (Å²) in [4.78, 5) is 0. The van der Waals surface area contributed by atoms with Gasteiger partial charge in [0.1, 0.15) is 0 Å². The van der Waals surface area contributed by atoms with E-state index in [0.717, 1.165) is 0 Å². The van der Waals surface area contributed by atoms with Crippen LogP contribution in [0.3, 0.4) is 0 Å². The fraction of sp³-hybridized carbons (Fsp3) is 0.222. The van der Waals surface area contributed by atoms with E-state index in [9.17, 15) is 0 Å². The van der Waals surface area contributed by atoms with E-state index < -0.39 is 0 Å². The molecule has 0 amide bonds. The first kappa shape index (κ1) is 35.6. The lowest BCUT2D eigenvalue weighted by Crippen LogP contribution is -1.96. The number of aryl methyl sites for hydroxylation is 12. The van der Waals surface area contributed by atoms with Crippen LogP contribution in [0, 0.1) is 83.1 Å². The molecule has 0 N–H and O–H groups in total. The van der Waals surface area contributed by atoms with Gasteiger partial charge in [0.05, 0.1) is 0 Å². The Morgan fingerprint density at radius 3 is 0.741 bits per heavy atom. The Bertz CT molecular complexity index is 2580. The molecule has 0 nitrogen and oxygen atoms in total. The molecule has 0 aliphatic carbocycles. The van der Waals surface area contributed by atoms with Gasteiger partial charge in [0, 0.05) is 0 Å². The molecule has 8 rings (SSSR count). The molecule has 0 fully saturated rings. The average Bonchev–Trinajstić information content (AvgIpc) is 3.06. The van der Waals surface area contributed by atoms with Crippen molar-refractivity contribution < 1.29 is 0 Å². The predicted molar refractivity (Wildman–Crippen MR) is 238 cm³/mol. The molecule has 0 radical (unpaired) electrons. The lowest BCUT2D eigenvalue weighted by atomic mass is 9.82. The van der Waals surface area contributed by atoms with Crippen molar-refractivity contribution in [3.05, 3.63) is 164 Å². The quantitative estimate of drug-likeness (QED) is 0.160. The summed E-state index contributed by atoms with van der Waals surface area (Å²) < 4.78 is 0. The van der Waals surface area contributed by atoms with Crippen molar-refractivity contribution >= 4 is 32.3 Å². The summed E-state index contributed by atoms with van der Waals surface area (Å²) in [6, 6.07) is 38.2. The molecule has 0 aliphatic rings. The monoisotopic (exact) mass is 700 g/mol. The van der Waals surface area contributed by atoms with Gasteiger partial charge in [0.25, 0.3) is 0 Å². The second-order valence-electron chi connectivity index (χ2n) is 16.6. The van der Waals surface area contributed by atoms with Crippen molar-refractivity contribution in [1.82, 2.24) is 0 Å². The molecular weight excluding hydrogens is 649 g/mol.